The van der Waals surface area contributed by atoms with Crippen molar-refractivity contribution in [3.05, 3.63) is 22.2 Å². The molecule has 0 aliphatic heterocycles. The van der Waals surface area contributed by atoms with Gasteiger partial charge in [0, 0.05) is 0 Å². The van der Waals surface area contributed by atoms with Crippen molar-refractivity contribution < 1.29 is 19.4 Å². The number of amides is 2. The summed E-state index contributed by atoms with van der Waals surface area (Å²) in [6.45, 7) is 2.17. The van der Waals surface area contributed by atoms with Crippen LogP contribution >= 0.6 is 15.9 Å². The number of hydrogen-bond donors (Lipinski definition) is 3. The van der Waals surface area contributed by atoms with Gasteiger partial charge in [-0.15, -0.1) is 0 Å². The molecule has 1 aromatic carbocycles. The Kier molecular flexibility index (Phi) is 5.31. The van der Waals surface area contributed by atoms with E-state index in [1.807, 2.05) is 5.43 Å². The van der Waals surface area contributed by atoms with Crippen molar-refractivity contribution in [1.29, 1.82) is 0 Å². The lowest BCUT2D eigenvalue weighted by atomic mass is 10.2. The van der Waals surface area contributed by atoms with Crippen LogP contribution in [0.3, 0.4) is 0 Å². The average Bonchev–Trinajstić information content (AvgIpc) is 2.35. The monoisotopic (exact) mass is 329 g/mol. The van der Waals surface area contributed by atoms with E-state index in [4.69, 9.17) is 10.5 Å². The lowest BCUT2D eigenvalue weighted by molar-refractivity contribution is -0.137. The molecule has 2 amide bonds. The molecular weight excluding hydrogens is 318 g/mol. The van der Waals surface area contributed by atoms with Gasteiger partial charge >= 0.3 is 11.8 Å². The van der Waals surface area contributed by atoms with Crippen LogP contribution in [0.25, 0.3) is 0 Å². The minimum absolute atomic E-state index is 0.0276. The van der Waals surface area contributed by atoms with E-state index in [9.17, 15) is 14.7 Å². The number of hydrazone groups is 1. The summed E-state index contributed by atoms with van der Waals surface area (Å²) < 4.78 is 5.64. The molecule has 0 atom stereocenters. The second kappa shape index (κ2) is 6.74. The first-order valence-electron chi connectivity index (χ1n) is 5.23. The SMILES string of the molecule is CCOc1cc(C=NNC(=O)C(N)=O)cc(Br)c1O. The summed E-state index contributed by atoms with van der Waals surface area (Å²) in [6, 6.07) is 3.10. The van der Waals surface area contributed by atoms with Gasteiger partial charge in [-0.1, -0.05) is 0 Å². The van der Waals surface area contributed by atoms with Gasteiger partial charge in [-0.25, -0.2) is 5.43 Å². The van der Waals surface area contributed by atoms with Crippen LogP contribution in [0.4, 0.5) is 0 Å². The largest absolute Gasteiger partial charge is 0.503 e. The number of rotatable bonds is 4. The predicted octanol–water partition coefficient (Wildman–Crippen LogP) is 0.489. The number of nitrogens with one attached hydrogen (secondary N) is 1. The summed E-state index contributed by atoms with van der Waals surface area (Å²) in [7, 11) is 0. The lowest BCUT2D eigenvalue weighted by Crippen LogP contribution is -2.32. The van der Waals surface area contributed by atoms with Crippen LogP contribution in [-0.2, 0) is 9.59 Å². The van der Waals surface area contributed by atoms with Crippen LogP contribution in [0.15, 0.2) is 21.7 Å². The number of aromatic hydroxyl groups is 1. The number of primary amides is 1. The minimum Gasteiger partial charge on any atom is -0.503 e. The fraction of sp³-hybridized carbons (Fsp3) is 0.182. The van der Waals surface area contributed by atoms with Gasteiger partial charge in [-0.05, 0) is 40.5 Å². The summed E-state index contributed by atoms with van der Waals surface area (Å²) in [6.07, 6.45) is 1.29. The standard InChI is InChI=1S/C11H12BrN3O4/c1-2-19-8-4-6(3-7(12)9(8)16)5-14-15-11(18)10(13)17/h3-5,16H,2H2,1H3,(H2,13,17)(H,15,18). The molecule has 102 valence electrons. The average molecular weight is 330 g/mol. The molecule has 0 radical (unpaired) electrons. The van der Waals surface area contributed by atoms with Gasteiger partial charge in [-0.3, -0.25) is 9.59 Å². The Balaban J connectivity index is 2.87. The van der Waals surface area contributed by atoms with Gasteiger partial charge in [0.1, 0.15) is 0 Å². The van der Waals surface area contributed by atoms with E-state index >= 15 is 0 Å². The number of ether oxygens (including phenoxy) is 1. The van der Waals surface area contributed by atoms with Gasteiger partial charge in [0.05, 0.1) is 17.3 Å². The number of carbonyl (C=O) groups is 2. The highest BCUT2D eigenvalue weighted by Crippen LogP contribution is 2.34. The smallest absolute Gasteiger partial charge is 0.329 e. The molecule has 0 heterocycles. The summed E-state index contributed by atoms with van der Waals surface area (Å²) in [5, 5.41) is 13.2. The molecule has 0 unspecified atom stereocenters. The minimum atomic E-state index is -1.13. The highest BCUT2D eigenvalue weighted by Gasteiger charge is 2.09. The normalized spacial score (nSPS) is 10.4. The van der Waals surface area contributed by atoms with Gasteiger partial charge in [0.2, 0.25) is 0 Å². The van der Waals surface area contributed by atoms with Crippen molar-refractivity contribution in [2.24, 2.45) is 10.8 Å². The Hall–Kier alpha value is -2.09. The van der Waals surface area contributed by atoms with Gasteiger partial charge < -0.3 is 15.6 Å². The number of phenolic OH excluding ortho intramolecular Hbond substituents is 1. The van der Waals surface area contributed by atoms with E-state index in [2.05, 4.69) is 21.0 Å². The first-order valence-corrected chi connectivity index (χ1v) is 6.03. The first kappa shape index (κ1) is 15.0. The van der Waals surface area contributed by atoms with Crippen molar-refractivity contribution in [2.45, 2.75) is 6.92 Å². The summed E-state index contributed by atoms with van der Waals surface area (Å²) in [5.41, 5.74) is 7.24. The second-order valence-corrected chi connectivity index (χ2v) is 4.20. The van der Waals surface area contributed by atoms with Crippen LogP contribution < -0.4 is 15.9 Å². The molecule has 4 N–H and O–H groups in total. The Morgan fingerprint density at radius 2 is 2.26 bits per heavy atom. The first-order chi connectivity index (χ1) is 8.95. The molecule has 0 fully saturated rings. The zero-order chi connectivity index (χ0) is 14.4. The highest BCUT2D eigenvalue weighted by molar-refractivity contribution is 9.10. The van der Waals surface area contributed by atoms with E-state index in [0.29, 0.717) is 16.6 Å². The van der Waals surface area contributed by atoms with Crippen LogP contribution in [0, 0.1) is 0 Å². The van der Waals surface area contributed by atoms with E-state index in [-0.39, 0.29) is 11.5 Å². The number of phenols is 1. The summed E-state index contributed by atoms with van der Waals surface area (Å²) in [4.78, 5) is 21.3. The molecule has 0 aliphatic carbocycles. The molecule has 19 heavy (non-hydrogen) atoms. The van der Waals surface area contributed by atoms with Crippen molar-refractivity contribution in [1.82, 2.24) is 5.43 Å². The van der Waals surface area contributed by atoms with Crippen molar-refractivity contribution in [2.75, 3.05) is 6.61 Å². The number of nitrogens with zero attached hydrogens (tertiary/aromatic N) is 1. The fourth-order valence-corrected chi connectivity index (χ4v) is 1.61. The Morgan fingerprint density at radius 1 is 1.58 bits per heavy atom. The Morgan fingerprint density at radius 3 is 2.84 bits per heavy atom. The number of carbonyl (C=O) groups excluding carboxylic acids is 2. The molecule has 0 saturated carbocycles. The van der Waals surface area contributed by atoms with E-state index in [0.717, 1.165) is 0 Å². The molecule has 1 rings (SSSR count). The Labute approximate surface area is 117 Å². The maximum atomic E-state index is 10.9. The number of hydrogen-bond acceptors (Lipinski definition) is 5. The van der Waals surface area contributed by atoms with Gasteiger partial charge in [0.15, 0.2) is 11.5 Å². The number of nitrogens with two attached hydrogens (primary N) is 1. The zero-order valence-electron chi connectivity index (χ0n) is 10.0. The molecule has 0 spiro atoms. The molecule has 1 aromatic rings. The third kappa shape index (κ3) is 4.25. The maximum Gasteiger partial charge on any atom is 0.329 e. The third-order valence-corrected chi connectivity index (χ3v) is 2.56. The number of halogens is 1. The molecule has 0 aromatic heterocycles. The van der Waals surface area contributed by atoms with E-state index < -0.39 is 11.8 Å². The van der Waals surface area contributed by atoms with E-state index in [1.54, 1.807) is 13.0 Å². The van der Waals surface area contributed by atoms with Crippen molar-refractivity contribution in [3.8, 4) is 11.5 Å². The van der Waals surface area contributed by atoms with E-state index in [1.165, 1.54) is 12.3 Å². The molecule has 0 saturated heterocycles. The third-order valence-electron chi connectivity index (χ3n) is 1.95. The van der Waals surface area contributed by atoms with Crippen LogP contribution in [-0.4, -0.2) is 29.7 Å². The Bertz CT molecular complexity index is 531. The lowest BCUT2D eigenvalue weighted by Gasteiger charge is -2.08. The van der Waals surface area contributed by atoms with Crippen LogP contribution in [0.1, 0.15) is 12.5 Å². The highest BCUT2D eigenvalue weighted by atomic mass is 79.9. The van der Waals surface area contributed by atoms with Crippen LogP contribution in [0.5, 0.6) is 11.5 Å². The van der Waals surface area contributed by atoms with Crippen molar-refractivity contribution >= 4 is 34.0 Å². The topological polar surface area (TPSA) is 114 Å². The van der Waals surface area contributed by atoms with Crippen LogP contribution in [0.2, 0.25) is 0 Å². The quantitative estimate of drug-likeness (QED) is 0.423. The zero-order valence-corrected chi connectivity index (χ0v) is 11.6. The summed E-state index contributed by atoms with van der Waals surface area (Å²) in [5.74, 6) is -1.89. The maximum absolute atomic E-state index is 10.9. The fourth-order valence-electron chi connectivity index (χ4n) is 1.15. The molecular formula is C11H12BrN3O4. The predicted molar refractivity (Wildman–Crippen MR) is 71.9 cm³/mol. The number of benzene rings is 1. The molecule has 7 nitrogen and oxygen atoms in total. The summed E-state index contributed by atoms with van der Waals surface area (Å²) >= 11 is 3.16. The molecule has 0 bridgehead atoms. The van der Waals surface area contributed by atoms with Gasteiger partial charge in [0.25, 0.3) is 0 Å². The molecule has 8 heteroatoms. The van der Waals surface area contributed by atoms with Crippen molar-refractivity contribution in [3.63, 3.8) is 0 Å². The molecule has 0 aliphatic rings. The van der Waals surface area contributed by atoms with Gasteiger partial charge in [-0.2, -0.15) is 5.10 Å². The second-order valence-electron chi connectivity index (χ2n) is 3.35.